The molecule has 3 heteroatoms. The van der Waals surface area contributed by atoms with Crippen LogP contribution in [0.25, 0.3) is 21.5 Å². The van der Waals surface area contributed by atoms with Crippen molar-refractivity contribution in [2.75, 3.05) is 0 Å². The zero-order valence-corrected chi connectivity index (χ0v) is 13.6. The quantitative estimate of drug-likeness (QED) is 0.641. The number of carbonyl (C=O) groups excluding carboxylic acids is 1. The van der Waals surface area contributed by atoms with Crippen LogP contribution in [-0.4, -0.2) is 12.1 Å². The molecule has 0 aromatic heterocycles. The first-order valence-electron chi connectivity index (χ1n) is 8.70. The Morgan fingerprint density at radius 2 is 1.46 bits per heavy atom. The normalized spacial score (nSPS) is 15.5. The van der Waals surface area contributed by atoms with Gasteiger partial charge >= 0.3 is 6.09 Å². The van der Waals surface area contributed by atoms with Crippen molar-refractivity contribution in [2.24, 2.45) is 0 Å². The van der Waals surface area contributed by atoms with E-state index in [0.717, 1.165) is 34.4 Å². The van der Waals surface area contributed by atoms with Crippen LogP contribution in [-0.2, 0) is 0 Å². The Hall–Kier alpha value is -2.55. The summed E-state index contributed by atoms with van der Waals surface area (Å²) in [5, 5.41) is 7.13. The number of rotatable bonds is 2. The van der Waals surface area contributed by atoms with Crippen LogP contribution in [0.15, 0.2) is 54.6 Å². The van der Waals surface area contributed by atoms with E-state index >= 15 is 0 Å². The molecule has 0 spiro atoms. The van der Waals surface area contributed by atoms with Crippen molar-refractivity contribution in [3.05, 3.63) is 54.6 Å². The highest BCUT2D eigenvalue weighted by atomic mass is 16.6. The lowest BCUT2D eigenvalue weighted by atomic mass is 9.96. The summed E-state index contributed by atoms with van der Waals surface area (Å²) in [5.41, 5.74) is 0. The third-order valence-electron chi connectivity index (χ3n) is 4.84. The molecule has 0 radical (unpaired) electrons. The van der Waals surface area contributed by atoms with Gasteiger partial charge in [-0.1, -0.05) is 67.8 Å². The van der Waals surface area contributed by atoms with Crippen molar-refractivity contribution in [3.8, 4) is 5.75 Å². The Morgan fingerprint density at radius 1 is 0.875 bits per heavy atom. The van der Waals surface area contributed by atoms with E-state index in [-0.39, 0.29) is 12.1 Å². The third kappa shape index (κ3) is 2.94. The van der Waals surface area contributed by atoms with Gasteiger partial charge in [0.05, 0.1) is 0 Å². The molecule has 24 heavy (non-hydrogen) atoms. The maximum absolute atomic E-state index is 12.4. The number of nitrogens with one attached hydrogen (secondary N) is 1. The number of ether oxygens (including phenoxy) is 1. The molecule has 122 valence electrons. The second-order valence-corrected chi connectivity index (χ2v) is 6.52. The second-order valence-electron chi connectivity index (χ2n) is 6.52. The average Bonchev–Trinajstić information content (AvgIpc) is 2.62. The molecule has 1 amide bonds. The van der Waals surface area contributed by atoms with Gasteiger partial charge in [0.25, 0.3) is 0 Å². The van der Waals surface area contributed by atoms with Gasteiger partial charge in [-0.25, -0.2) is 4.79 Å². The Balaban J connectivity index is 1.69. The largest absolute Gasteiger partial charge is 0.412 e. The van der Waals surface area contributed by atoms with E-state index in [4.69, 9.17) is 4.74 Å². The standard InChI is InChI=1S/C21H21NO2/c23-21(22-17-10-2-1-3-11-17)24-20-18-12-6-4-8-15(18)14-16-9-5-7-13-19(16)20/h4-9,12-14,17H,1-3,10-11H2,(H,22,23). The van der Waals surface area contributed by atoms with Crippen molar-refractivity contribution in [2.45, 2.75) is 38.1 Å². The summed E-state index contributed by atoms with van der Waals surface area (Å²) in [6.07, 6.45) is 5.38. The minimum atomic E-state index is -0.344. The molecule has 0 saturated heterocycles. The third-order valence-corrected chi connectivity index (χ3v) is 4.84. The summed E-state index contributed by atoms with van der Waals surface area (Å²) in [4.78, 5) is 12.4. The second kappa shape index (κ2) is 6.52. The summed E-state index contributed by atoms with van der Waals surface area (Å²) >= 11 is 0. The zero-order valence-electron chi connectivity index (χ0n) is 13.6. The Bertz CT molecular complexity index is 827. The maximum Gasteiger partial charge on any atom is 0.412 e. The highest BCUT2D eigenvalue weighted by Crippen LogP contribution is 2.34. The van der Waals surface area contributed by atoms with Gasteiger partial charge in [0.1, 0.15) is 5.75 Å². The molecule has 3 aromatic carbocycles. The van der Waals surface area contributed by atoms with E-state index in [0.29, 0.717) is 5.75 Å². The number of fused-ring (bicyclic) bond motifs is 2. The van der Waals surface area contributed by atoms with Crippen LogP contribution in [0.3, 0.4) is 0 Å². The molecule has 0 atom stereocenters. The number of amides is 1. The topological polar surface area (TPSA) is 38.3 Å². The lowest BCUT2D eigenvalue weighted by Crippen LogP contribution is -2.38. The molecule has 1 N–H and O–H groups in total. The van der Waals surface area contributed by atoms with Crippen molar-refractivity contribution < 1.29 is 9.53 Å². The molecular formula is C21H21NO2. The van der Waals surface area contributed by atoms with Gasteiger partial charge in [0, 0.05) is 16.8 Å². The minimum absolute atomic E-state index is 0.243. The van der Waals surface area contributed by atoms with Crippen LogP contribution < -0.4 is 10.1 Å². The Kier molecular flexibility index (Phi) is 4.08. The number of hydrogen-bond acceptors (Lipinski definition) is 2. The molecule has 0 heterocycles. The van der Waals surface area contributed by atoms with E-state index in [1.165, 1.54) is 19.3 Å². The van der Waals surface area contributed by atoms with Crippen molar-refractivity contribution in [3.63, 3.8) is 0 Å². The molecule has 1 aliphatic carbocycles. The molecule has 3 aromatic rings. The molecule has 3 nitrogen and oxygen atoms in total. The molecule has 1 aliphatic rings. The Labute approximate surface area is 141 Å². The van der Waals surface area contributed by atoms with Crippen molar-refractivity contribution in [1.29, 1.82) is 0 Å². The summed E-state index contributed by atoms with van der Waals surface area (Å²) in [5.74, 6) is 0.650. The van der Waals surface area contributed by atoms with E-state index < -0.39 is 0 Å². The lowest BCUT2D eigenvalue weighted by molar-refractivity contribution is 0.193. The fourth-order valence-electron chi connectivity index (χ4n) is 3.62. The first-order chi connectivity index (χ1) is 11.8. The fourth-order valence-corrected chi connectivity index (χ4v) is 3.62. The van der Waals surface area contributed by atoms with Gasteiger partial charge < -0.3 is 10.1 Å². The predicted molar refractivity (Wildman–Crippen MR) is 97.5 cm³/mol. The van der Waals surface area contributed by atoms with Gasteiger partial charge in [-0.3, -0.25) is 0 Å². The predicted octanol–water partition coefficient (Wildman–Crippen LogP) is 5.41. The number of hydrogen-bond donors (Lipinski definition) is 1. The van der Waals surface area contributed by atoms with Gasteiger partial charge in [-0.05, 0) is 29.7 Å². The van der Waals surface area contributed by atoms with Crippen LogP contribution in [0.1, 0.15) is 32.1 Å². The van der Waals surface area contributed by atoms with Gasteiger partial charge in [-0.2, -0.15) is 0 Å². The fraction of sp³-hybridized carbons (Fsp3) is 0.286. The summed E-state index contributed by atoms with van der Waals surface area (Å²) in [7, 11) is 0. The SMILES string of the molecule is O=C(NC1CCCCC1)Oc1c2ccccc2cc2ccccc12. The smallest absolute Gasteiger partial charge is 0.409 e. The first kappa shape index (κ1) is 15.0. The minimum Gasteiger partial charge on any atom is -0.409 e. The van der Waals surface area contributed by atoms with Gasteiger partial charge in [-0.15, -0.1) is 0 Å². The summed E-state index contributed by atoms with van der Waals surface area (Å²) in [6.45, 7) is 0. The lowest BCUT2D eigenvalue weighted by Gasteiger charge is -2.22. The summed E-state index contributed by atoms with van der Waals surface area (Å²) < 4.78 is 5.79. The van der Waals surface area contributed by atoms with Crippen LogP contribution in [0.5, 0.6) is 5.75 Å². The van der Waals surface area contributed by atoms with E-state index in [1.807, 2.05) is 48.5 Å². The molecule has 4 rings (SSSR count). The molecule has 0 bridgehead atoms. The summed E-state index contributed by atoms with van der Waals surface area (Å²) in [6, 6.07) is 18.4. The van der Waals surface area contributed by atoms with E-state index in [1.54, 1.807) is 0 Å². The van der Waals surface area contributed by atoms with Gasteiger partial charge in [0.2, 0.25) is 0 Å². The molecular weight excluding hydrogens is 298 g/mol. The van der Waals surface area contributed by atoms with Crippen molar-refractivity contribution in [1.82, 2.24) is 5.32 Å². The molecule has 0 unspecified atom stereocenters. The maximum atomic E-state index is 12.4. The molecule has 0 aliphatic heterocycles. The average molecular weight is 319 g/mol. The monoisotopic (exact) mass is 319 g/mol. The highest BCUT2D eigenvalue weighted by Gasteiger charge is 2.18. The molecule has 1 fully saturated rings. The van der Waals surface area contributed by atoms with Crippen LogP contribution in [0.2, 0.25) is 0 Å². The van der Waals surface area contributed by atoms with E-state index in [2.05, 4.69) is 11.4 Å². The number of benzene rings is 3. The van der Waals surface area contributed by atoms with E-state index in [9.17, 15) is 4.79 Å². The van der Waals surface area contributed by atoms with Crippen LogP contribution in [0, 0.1) is 0 Å². The molecule has 1 saturated carbocycles. The first-order valence-corrected chi connectivity index (χ1v) is 8.70. The van der Waals surface area contributed by atoms with Gasteiger partial charge in [0.15, 0.2) is 0 Å². The van der Waals surface area contributed by atoms with Crippen molar-refractivity contribution >= 4 is 27.6 Å². The Morgan fingerprint density at radius 3 is 2.08 bits per heavy atom. The van der Waals surface area contributed by atoms with Crippen LogP contribution in [0.4, 0.5) is 4.79 Å². The van der Waals surface area contributed by atoms with Crippen LogP contribution >= 0.6 is 0 Å². The highest BCUT2D eigenvalue weighted by molar-refractivity contribution is 6.06. The number of carbonyl (C=O) groups is 1. The zero-order chi connectivity index (χ0) is 16.4.